The first-order chi connectivity index (χ1) is 10.1. The fourth-order valence-corrected chi connectivity index (χ4v) is 3.09. The van der Waals surface area contributed by atoms with Crippen molar-refractivity contribution >= 4 is 27.6 Å². The van der Waals surface area contributed by atoms with E-state index in [0.717, 1.165) is 11.2 Å². The molecule has 2 heteroatoms. The molecule has 0 atom stereocenters. The number of fused-ring (bicyclic) bond motifs is 5. The van der Waals surface area contributed by atoms with Gasteiger partial charge in [0.2, 0.25) is 0 Å². The standard InChI is InChI=1S/C19H18N2/c1-12(2)14-8-9-16-18(11-14)21-17-7-5-4-6-15(17)13(3)10-19(21)20-16/h4-12H,1-3H3. The van der Waals surface area contributed by atoms with E-state index in [0.29, 0.717) is 5.92 Å². The number of aryl methyl sites for hydroxylation is 1. The molecule has 4 rings (SSSR count). The first-order valence-electron chi connectivity index (χ1n) is 7.45. The van der Waals surface area contributed by atoms with E-state index in [-0.39, 0.29) is 0 Å². The number of rotatable bonds is 1. The summed E-state index contributed by atoms with van der Waals surface area (Å²) < 4.78 is 2.28. The number of nitrogens with zero attached hydrogens (tertiary/aromatic N) is 2. The van der Waals surface area contributed by atoms with Crippen molar-refractivity contribution in [1.29, 1.82) is 0 Å². The van der Waals surface area contributed by atoms with E-state index in [9.17, 15) is 0 Å². The average Bonchev–Trinajstić information content (AvgIpc) is 2.84. The molecule has 21 heavy (non-hydrogen) atoms. The minimum atomic E-state index is 0.525. The molecule has 0 aliphatic carbocycles. The molecule has 2 aromatic heterocycles. The van der Waals surface area contributed by atoms with Crippen LogP contribution in [0.3, 0.4) is 0 Å². The van der Waals surface area contributed by atoms with Crippen molar-refractivity contribution in [3.63, 3.8) is 0 Å². The fourth-order valence-electron chi connectivity index (χ4n) is 3.09. The Hall–Kier alpha value is -2.35. The molecule has 0 saturated carbocycles. The quantitative estimate of drug-likeness (QED) is 0.473. The third kappa shape index (κ3) is 1.75. The third-order valence-electron chi connectivity index (χ3n) is 4.29. The number of para-hydroxylation sites is 1. The van der Waals surface area contributed by atoms with Gasteiger partial charge < -0.3 is 0 Å². The van der Waals surface area contributed by atoms with Gasteiger partial charge in [0, 0.05) is 5.39 Å². The molecule has 0 aliphatic heterocycles. The predicted molar refractivity (Wildman–Crippen MR) is 89.0 cm³/mol. The number of benzene rings is 2. The highest BCUT2D eigenvalue weighted by atomic mass is 15.0. The minimum Gasteiger partial charge on any atom is -0.292 e. The van der Waals surface area contributed by atoms with Gasteiger partial charge in [-0.3, -0.25) is 4.40 Å². The molecule has 0 spiro atoms. The molecule has 2 heterocycles. The summed E-state index contributed by atoms with van der Waals surface area (Å²) in [4.78, 5) is 4.79. The number of imidazole rings is 1. The Morgan fingerprint density at radius 2 is 1.76 bits per heavy atom. The van der Waals surface area contributed by atoms with Crippen LogP contribution >= 0.6 is 0 Å². The van der Waals surface area contributed by atoms with Gasteiger partial charge in [-0.1, -0.05) is 38.1 Å². The van der Waals surface area contributed by atoms with E-state index in [2.05, 4.69) is 73.7 Å². The zero-order valence-electron chi connectivity index (χ0n) is 12.6. The van der Waals surface area contributed by atoms with E-state index in [1.165, 1.54) is 27.5 Å². The summed E-state index contributed by atoms with van der Waals surface area (Å²) in [5, 5.41) is 1.29. The van der Waals surface area contributed by atoms with Gasteiger partial charge in [-0.25, -0.2) is 4.98 Å². The topological polar surface area (TPSA) is 17.3 Å². The van der Waals surface area contributed by atoms with Crippen molar-refractivity contribution in [2.75, 3.05) is 0 Å². The van der Waals surface area contributed by atoms with Gasteiger partial charge in [-0.05, 0) is 48.2 Å². The number of hydrogen-bond donors (Lipinski definition) is 0. The van der Waals surface area contributed by atoms with E-state index < -0.39 is 0 Å². The molecule has 0 fully saturated rings. The maximum absolute atomic E-state index is 4.79. The van der Waals surface area contributed by atoms with Crippen molar-refractivity contribution in [2.45, 2.75) is 26.7 Å². The molecule has 0 N–H and O–H groups in total. The van der Waals surface area contributed by atoms with E-state index >= 15 is 0 Å². The molecule has 0 saturated heterocycles. The Morgan fingerprint density at radius 3 is 2.57 bits per heavy atom. The Bertz CT molecular complexity index is 977. The van der Waals surface area contributed by atoms with Crippen LogP contribution in [0, 0.1) is 6.92 Å². The van der Waals surface area contributed by atoms with Crippen LogP contribution in [-0.4, -0.2) is 9.38 Å². The van der Waals surface area contributed by atoms with Crippen molar-refractivity contribution in [2.24, 2.45) is 0 Å². The molecule has 0 unspecified atom stereocenters. The van der Waals surface area contributed by atoms with Crippen LogP contribution in [0.5, 0.6) is 0 Å². The Morgan fingerprint density at radius 1 is 0.952 bits per heavy atom. The summed E-state index contributed by atoms with van der Waals surface area (Å²) in [6, 6.07) is 17.3. The summed E-state index contributed by atoms with van der Waals surface area (Å²) in [5.41, 5.74) is 7.16. The molecule has 0 amide bonds. The van der Waals surface area contributed by atoms with Crippen LogP contribution in [0.1, 0.15) is 30.9 Å². The van der Waals surface area contributed by atoms with Gasteiger partial charge >= 0.3 is 0 Å². The van der Waals surface area contributed by atoms with Crippen LogP contribution in [0.15, 0.2) is 48.5 Å². The monoisotopic (exact) mass is 274 g/mol. The molecule has 2 nitrogen and oxygen atoms in total. The summed E-state index contributed by atoms with van der Waals surface area (Å²) >= 11 is 0. The zero-order valence-corrected chi connectivity index (χ0v) is 12.6. The van der Waals surface area contributed by atoms with Crippen molar-refractivity contribution in [3.8, 4) is 0 Å². The third-order valence-corrected chi connectivity index (χ3v) is 4.29. The lowest BCUT2D eigenvalue weighted by Gasteiger charge is -2.08. The van der Waals surface area contributed by atoms with E-state index in [1.54, 1.807) is 0 Å². The largest absolute Gasteiger partial charge is 0.292 e. The Balaban J connectivity index is 2.24. The van der Waals surface area contributed by atoms with Gasteiger partial charge in [0.15, 0.2) is 0 Å². The van der Waals surface area contributed by atoms with Gasteiger partial charge in [-0.2, -0.15) is 0 Å². The van der Waals surface area contributed by atoms with Crippen LogP contribution in [0.2, 0.25) is 0 Å². The normalized spacial score (nSPS) is 12.0. The lowest BCUT2D eigenvalue weighted by atomic mass is 10.0. The van der Waals surface area contributed by atoms with Gasteiger partial charge in [0.1, 0.15) is 5.65 Å². The molecule has 0 bridgehead atoms. The molecular weight excluding hydrogens is 256 g/mol. The van der Waals surface area contributed by atoms with Crippen molar-refractivity contribution in [3.05, 3.63) is 59.7 Å². The van der Waals surface area contributed by atoms with Gasteiger partial charge in [0.25, 0.3) is 0 Å². The smallest absolute Gasteiger partial charge is 0.138 e. The van der Waals surface area contributed by atoms with Gasteiger partial charge in [-0.15, -0.1) is 0 Å². The number of aromatic nitrogens is 2. The fraction of sp³-hybridized carbons (Fsp3) is 0.211. The Kier molecular flexibility index (Phi) is 2.55. The summed E-state index contributed by atoms with van der Waals surface area (Å²) in [7, 11) is 0. The molecular formula is C19H18N2. The molecule has 4 aromatic rings. The maximum atomic E-state index is 4.79. The maximum Gasteiger partial charge on any atom is 0.138 e. The van der Waals surface area contributed by atoms with Crippen molar-refractivity contribution in [1.82, 2.24) is 9.38 Å². The number of pyridine rings is 1. The summed E-state index contributed by atoms with van der Waals surface area (Å²) in [6.45, 7) is 6.61. The first-order valence-corrected chi connectivity index (χ1v) is 7.45. The molecule has 104 valence electrons. The lowest BCUT2D eigenvalue weighted by molar-refractivity contribution is 0.868. The molecule has 0 aliphatic rings. The molecule has 2 aromatic carbocycles. The van der Waals surface area contributed by atoms with Crippen LogP contribution in [-0.2, 0) is 0 Å². The zero-order chi connectivity index (χ0) is 14.6. The van der Waals surface area contributed by atoms with Crippen LogP contribution < -0.4 is 0 Å². The highest BCUT2D eigenvalue weighted by Gasteiger charge is 2.11. The second-order valence-corrected chi connectivity index (χ2v) is 6.05. The van der Waals surface area contributed by atoms with Crippen molar-refractivity contribution < 1.29 is 0 Å². The predicted octanol–water partition coefficient (Wildman–Crippen LogP) is 5.07. The number of hydrogen-bond acceptors (Lipinski definition) is 1. The highest BCUT2D eigenvalue weighted by Crippen LogP contribution is 2.27. The van der Waals surface area contributed by atoms with Crippen LogP contribution in [0.4, 0.5) is 0 Å². The minimum absolute atomic E-state index is 0.525. The lowest BCUT2D eigenvalue weighted by Crippen LogP contribution is -1.92. The highest BCUT2D eigenvalue weighted by molar-refractivity contribution is 5.92. The van der Waals surface area contributed by atoms with E-state index in [4.69, 9.17) is 4.98 Å². The van der Waals surface area contributed by atoms with E-state index in [1.807, 2.05) is 0 Å². The van der Waals surface area contributed by atoms with Crippen LogP contribution in [0.25, 0.3) is 27.6 Å². The average molecular weight is 274 g/mol. The van der Waals surface area contributed by atoms with Gasteiger partial charge in [0.05, 0.1) is 16.6 Å². The summed E-state index contributed by atoms with van der Waals surface area (Å²) in [5.74, 6) is 0.525. The first kappa shape index (κ1) is 12.4. The second kappa shape index (κ2) is 4.32. The molecule has 0 radical (unpaired) electrons. The SMILES string of the molecule is Cc1cc2nc3ccc(C(C)C)cc3n2c2ccccc12. The second-order valence-electron chi connectivity index (χ2n) is 6.05. The summed E-state index contributed by atoms with van der Waals surface area (Å²) in [6.07, 6.45) is 0. The Labute approximate surface area is 124 Å².